The number of halogens is 2. The second-order valence-electron chi connectivity index (χ2n) is 5.67. The van der Waals surface area contributed by atoms with Crippen LogP contribution in [0, 0.1) is 5.82 Å². The largest absolute Gasteiger partial charge is 0.499 e. The zero-order chi connectivity index (χ0) is 19.2. The van der Waals surface area contributed by atoms with Crippen LogP contribution in [0.4, 0.5) is 4.39 Å². The van der Waals surface area contributed by atoms with Gasteiger partial charge in [-0.3, -0.25) is 9.20 Å². The fourth-order valence-electron chi connectivity index (χ4n) is 2.62. The standard InChI is InChI=1S/C19H17BrFN3O3/c1-2-26-5-6-27-11-18(25)19-17(24-12-22-9-15(24)10-23-19)7-13-3-4-14(20)8-16(13)21/h2-4,8-10,12H,1,5-7,11H2. The molecule has 27 heavy (non-hydrogen) atoms. The Labute approximate surface area is 163 Å². The molecule has 0 atom stereocenters. The Morgan fingerprint density at radius 1 is 1.33 bits per heavy atom. The molecule has 3 aromatic rings. The van der Waals surface area contributed by atoms with Gasteiger partial charge in [0, 0.05) is 10.9 Å². The first-order valence-corrected chi connectivity index (χ1v) is 8.96. The van der Waals surface area contributed by atoms with Crippen molar-refractivity contribution in [3.05, 3.63) is 77.0 Å². The van der Waals surface area contributed by atoms with Crippen LogP contribution < -0.4 is 0 Å². The van der Waals surface area contributed by atoms with Gasteiger partial charge in [-0.25, -0.2) is 14.4 Å². The van der Waals surface area contributed by atoms with Crippen molar-refractivity contribution in [1.82, 2.24) is 14.4 Å². The Balaban J connectivity index is 1.87. The van der Waals surface area contributed by atoms with Crippen LogP contribution in [0.25, 0.3) is 5.52 Å². The van der Waals surface area contributed by atoms with Gasteiger partial charge in [0.2, 0.25) is 5.78 Å². The molecule has 1 aromatic carbocycles. The molecule has 0 radical (unpaired) electrons. The molecular weight excluding hydrogens is 417 g/mol. The lowest BCUT2D eigenvalue weighted by Gasteiger charge is -2.12. The van der Waals surface area contributed by atoms with Crippen molar-refractivity contribution in [3.63, 3.8) is 0 Å². The average molecular weight is 434 g/mol. The molecule has 0 aliphatic carbocycles. The Bertz CT molecular complexity index is 974. The summed E-state index contributed by atoms with van der Waals surface area (Å²) in [6.45, 7) is 3.84. The molecular formula is C19H17BrFN3O3. The first-order valence-electron chi connectivity index (χ1n) is 8.17. The highest BCUT2D eigenvalue weighted by Crippen LogP contribution is 2.21. The second kappa shape index (κ2) is 8.88. The Morgan fingerprint density at radius 2 is 2.19 bits per heavy atom. The van der Waals surface area contributed by atoms with Gasteiger partial charge in [-0.05, 0) is 17.7 Å². The number of imidazole rings is 1. The zero-order valence-corrected chi connectivity index (χ0v) is 16.0. The molecule has 0 unspecified atom stereocenters. The summed E-state index contributed by atoms with van der Waals surface area (Å²) in [6, 6.07) is 4.82. The van der Waals surface area contributed by atoms with E-state index in [4.69, 9.17) is 9.47 Å². The molecule has 0 aliphatic rings. The van der Waals surface area contributed by atoms with Crippen molar-refractivity contribution >= 4 is 27.2 Å². The molecule has 6 nitrogen and oxygen atoms in total. The minimum Gasteiger partial charge on any atom is -0.499 e. The number of ketones is 1. The summed E-state index contributed by atoms with van der Waals surface area (Å²) in [5.41, 5.74) is 1.96. The number of fused-ring (bicyclic) bond motifs is 1. The van der Waals surface area contributed by atoms with Crippen molar-refractivity contribution in [3.8, 4) is 0 Å². The van der Waals surface area contributed by atoms with Gasteiger partial charge in [-0.2, -0.15) is 0 Å². The zero-order valence-electron chi connectivity index (χ0n) is 14.4. The summed E-state index contributed by atoms with van der Waals surface area (Å²) in [5.74, 6) is -0.658. The maximum atomic E-state index is 14.3. The lowest BCUT2D eigenvalue weighted by Crippen LogP contribution is -2.18. The first-order chi connectivity index (χ1) is 13.1. The van der Waals surface area contributed by atoms with E-state index in [2.05, 4.69) is 32.5 Å². The minimum atomic E-state index is -0.363. The molecule has 2 aromatic heterocycles. The summed E-state index contributed by atoms with van der Waals surface area (Å²) in [4.78, 5) is 21.0. The van der Waals surface area contributed by atoms with E-state index in [0.29, 0.717) is 22.3 Å². The van der Waals surface area contributed by atoms with E-state index in [1.165, 1.54) is 12.3 Å². The molecule has 0 N–H and O–H groups in total. The van der Waals surface area contributed by atoms with E-state index in [-0.39, 0.29) is 36.9 Å². The smallest absolute Gasteiger partial charge is 0.208 e. The van der Waals surface area contributed by atoms with Crippen LogP contribution in [-0.2, 0) is 15.9 Å². The second-order valence-corrected chi connectivity index (χ2v) is 6.58. The summed E-state index contributed by atoms with van der Waals surface area (Å²) >= 11 is 3.24. The number of hydrogen-bond acceptors (Lipinski definition) is 5. The summed E-state index contributed by atoms with van der Waals surface area (Å²) in [7, 11) is 0. The van der Waals surface area contributed by atoms with Crippen molar-refractivity contribution in [2.24, 2.45) is 0 Å². The third kappa shape index (κ3) is 4.58. The lowest BCUT2D eigenvalue weighted by molar-refractivity contribution is 0.0634. The SMILES string of the molecule is C=COCCOCC(=O)c1ncc2cncn2c1Cc1ccc(Br)cc1F. The van der Waals surface area contributed by atoms with Gasteiger partial charge in [0.1, 0.15) is 24.7 Å². The van der Waals surface area contributed by atoms with Crippen LogP contribution >= 0.6 is 15.9 Å². The predicted molar refractivity (Wildman–Crippen MR) is 101 cm³/mol. The number of rotatable bonds is 9. The highest BCUT2D eigenvalue weighted by atomic mass is 79.9. The number of carbonyl (C=O) groups is 1. The van der Waals surface area contributed by atoms with Gasteiger partial charge in [-0.1, -0.05) is 28.6 Å². The molecule has 2 heterocycles. The van der Waals surface area contributed by atoms with E-state index in [1.807, 2.05) is 0 Å². The van der Waals surface area contributed by atoms with E-state index < -0.39 is 0 Å². The fourth-order valence-corrected chi connectivity index (χ4v) is 2.95. The monoisotopic (exact) mass is 433 g/mol. The highest BCUT2D eigenvalue weighted by Gasteiger charge is 2.18. The maximum absolute atomic E-state index is 14.3. The van der Waals surface area contributed by atoms with E-state index in [1.54, 1.807) is 35.3 Å². The number of nitrogens with zero attached hydrogens (tertiary/aromatic N) is 3. The van der Waals surface area contributed by atoms with Crippen molar-refractivity contribution in [2.75, 3.05) is 19.8 Å². The van der Waals surface area contributed by atoms with Crippen LogP contribution in [0.3, 0.4) is 0 Å². The van der Waals surface area contributed by atoms with Gasteiger partial charge in [0.25, 0.3) is 0 Å². The normalized spacial score (nSPS) is 10.9. The molecule has 0 spiro atoms. The molecule has 0 saturated carbocycles. The summed E-state index contributed by atoms with van der Waals surface area (Å²) < 4.78 is 27.0. The van der Waals surface area contributed by atoms with Crippen molar-refractivity contribution in [2.45, 2.75) is 6.42 Å². The van der Waals surface area contributed by atoms with Crippen LogP contribution in [0.2, 0.25) is 0 Å². The number of Topliss-reactive ketones (excluding diaryl/α,β-unsaturated/α-hetero) is 1. The number of carbonyl (C=O) groups excluding carboxylic acids is 1. The molecule has 0 aliphatic heterocycles. The fraction of sp³-hybridized carbons (Fsp3) is 0.211. The van der Waals surface area contributed by atoms with Gasteiger partial charge >= 0.3 is 0 Å². The maximum Gasteiger partial charge on any atom is 0.208 e. The molecule has 0 amide bonds. The number of hydrogen-bond donors (Lipinski definition) is 0. The van der Waals surface area contributed by atoms with Crippen LogP contribution in [-0.4, -0.2) is 40.0 Å². The Hall–Kier alpha value is -2.58. The third-order valence-electron chi connectivity index (χ3n) is 3.89. The van der Waals surface area contributed by atoms with Gasteiger partial charge < -0.3 is 9.47 Å². The number of benzene rings is 1. The van der Waals surface area contributed by atoms with E-state index >= 15 is 0 Å². The van der Waals surface area contributed by atoms with Gasteiger partial charge in [-0.15, -0.1) is 0 Å². The summed E-state index contributed by atoms with van der Waals surface area (Å²) in [5, 5.41) is 0. The molecule has 3 rings (SSSR count). The highest BCUT2D eigenvalue weighted by molar-refractivity contribution is 9.10. The molecule has 0 bridgehead atoms. The van der Waals surface area contributed by atoms with Gasteiger partial charge in [0.15, 0.2) is 0 Å². The predicted octanol–water partition coefficient (Wildman–Crippen LogP) is 3.58. The average Bonchev–Trinajstić information content (AvgIpc) is 3.13. The lowest BCUT2D eigenvalue weighted by atomic mass is 10.1. The van der Waals surface area contributed by atoms with Crippen LogP contribution in [0.1, 0.15) is 21.7 Å². The number of ether oxygens (including phenoxy) is 2. The quantitative estimate of drug-likeness (QED) is 0.293. The molecule has 0 saturated heterocycles. The molecule has 8 heteroatoms. The van der Waals surface area contributed by atoms with Crippen molar-refractivity contribution in [1.29, 1.82) is 0 Å². The molecule has 0 fully saturated rings. The first kappa shape index (κ1) is 19.2. The molecule has 140 valence electrons. The Kier molecular flexibility index (Phi) is 6.31. The van der Waals surface area contributed by atoms with E-state index in [0.717, 1.165) is 5.52 Å². The van der Waals surface area contributed by atoms with Crippen LogP contribution in [0.5, 0.6) is 0 Å². The topological polar surface area (TPSA) is 65.7 Å². The van der Waals surface area contributed by atoms with E-state index in [9.17, 15) is 9.18 Å². The van der Waals surface area contributed by atoms with Crippen molar-refractivity contribution < 1.29 is 18.7 Å². The minimum absolute atomic E-state index is 0.149. The summed E-state index contributed by atoms with van der Waals surface area (Å²) in [6.07, 6.45) is 6.28. The Morgan fingerprint density at radius 3 is 2.96 bits per heavy atom. The third-order valence-corrected chi connectivity index (χ3v) is 4.38. The van der Waals surface area contributed by atoms with Crippen LogP contribution in [0.15, 0.2) is 54.2 Å². The van der Waals surface area contributed by atoms with Gasteiger partial charge in [0.05, 0.1) is 42.8 Å². The number of aromatic nitrogens is 3.